The minimum absolute atomic E-state index is 0.0868. The predicted molar refractivity (Wildman–Crippen MR) is 100 cm³/mol. The lowest BCUT2D eigenvalue weighted by Gasteiger charge is -2.14. The summed E-state index contributed by atoms with van der Waals surface area (Å²) in [4.78, 5) is 0.0868. The lowest BCUT2D eigenvalue weighted by atomic mass is 10.0. The molecule has 1 N–H and O–H groups in total. The molecule has 6 heteroatoms. The van der Waals surface area contributed by atoms with Gasteiger partial charge in [-0.05, 0) is 54.4 Å². The SMILES string of the molecule is COc1ccc2ccc(OS(=O)(=O)c3ccc(C)cc3)c(CCO)c2c1. The Morgan fingerprint density at radius 2 is 1.69 bits per heavy atom. The Morgan fingerprint density at radius 3 is 2.35 bits per heavy atom. The van der Waals surface area contributed by atoms with Crippen LogP contribution in [0.15, 0.2) is 59.5 Å². The van der Waals surface area contributed by atoms with Crippen molar-refractivity contribution in [3.8, 4) is 11.5 Å². The molecule has 0 saturated carbocycles. The van der Waals surface area contributed by atoms with Gasteiger partial charge in [0.25, 0.3) is 0 Å². The van der Waals surface area contributed by atoms with Crippen molar-refractivity contribution in [3.63, 3.8) is 0 Å². The summed E-state index contributed by atoms with van der Waals surface area (Å²) in [7, 11) is -2.40. The van der Waals surface area contributed by atoms with Crippen LogP contribution in [0.25, 0.3) is 10.8 Å². The second-order valence-corrected chi connectivity index (χ2v) is 7.50. The van der Waals surface area contributed by atoms with Gasteiger partial charge in [-0.1, -0.05) is 29.8 Å². The number of fused-ring (bicyclic) bond motifs is 1. The molecule has 0 bridgehead atoms. The van der Waals surface area contributed by atoms with Gasteiger partial charge in [0.2, 0.25) is 0 Å². The minimum atomic E-state index is -3.97. The number of hydrogen-bond acceptors (Lipinski definition) is 5. The van der Waals surface area contributed by atoms with Crippen molar-refractivity contribution in [2.45, 2.75) is 18.2 Å². The molecule has 5 nitrogen and oxygen atoms in total. The molecular weight excluding hydrogens is 352 g/mol. The normalized spacial score (nSPS) is 11.5. The lowest BCUT2D eigenvalue weighted by Crippen LogP contribution is -2.11. The summed E-state index contributed by atoms with van der Waals surface area (Å²) in [5.41, 5.74) is 1.59. The van der Waals surface area contributed by atoms with E-state index >= 15 is 0 Å². The third-order valence-electron chi connectivity index (χ3n) is 4.17. The fourth-order valence-corrected chi connectivity index (χ4v) is 3.74. The van der Waals surface area contributed by atoms with Crippen molar-refractivity contribution in [1.29, 1.82) is 0 Å². The standard InChI is InChI=1S/C20H20O5S/c1-14-3-8-17(9-4-14)26(22,23)25-20-10-6-15-5-7-16(24-2)13-19(15)18(20)11-12-21/h3-10,13,21H,11-12H2,1-2H3. The summed E-state index contributed by atoms with van der Waals surface area (Å²) in [6, 6.07) is 15.4. The minimum Gasteiger partial charge on any atom is -0.497 e. The molecule has 0 unspecified atom stereocenters. The molecule has 0 aliphatic carbocycles. The van der Waals surface area contributed by atoms with Crippen molar-refractivity contribution >= 4 is 20.9 Å². The number of aryl methyl sites for hydroxylation is 1. The highest BCUT2D eigenvalue weighted by molar-refractivity contribution is 7.87. The van der Waals surface area contributed by atoms with E-state index in [4.69, 9.17) is 8.92 Å². The lowest BCUT2D eigenvalue weighted by molar-refractivity contribution is 0.299. The number of aliphatic hydroxyl groups is 1. The maximum Gasteiger partial charge on any atom is 0.339 e. The molecule has 0 aromatic heterocycles. The van der Waals surface area contributed by atoms with Gasteiger partial charge >= 0.3 is 10.1 Å². The molecule has 0 saturated heterocycles. The quantitative estimate of drug-likeness (QED) is 0.671. The number of hydrogen-bond donors (Lipinski definition) is 1. The maximum atomic E-state index is 12.6. The van der Waals surface area contributed by atoms with Gasteiger partial charge in [0.05, 0.1) is 7.11 Å². The summed E-state index contributed by atoms with van der Waals surface area (Å²) in [6.07, 6.45) is 0.267. The monoisotopic (exact) mass is 372 g/mol. The van der Waals surface area contributed by atoms with Gasteiger partial charge in [-0.15, -0.1) is 0 Å². The second kappa shape index (κ2) is 7.35. The van der Waals surface area contributed by atoms with E-state index in [0.717, 1.165) is 16.3 Å². The fourth-order valence-electron chi connectivity index (χ4n) is 2.79. The highest BCUT2D eigenvalue weighted by Crippen LogP contribution is 2.33. The number of benzene rings is 3. The van der Waals surface area contributed by atoms with Gasteiger partial charge in [-0.25, -0.2) is 0 Å². The molecule has 136 valence electrons. The van der Waals surface area contributed by atoms with Gasteiger partial charge in [-0.2, -0.15) is 8.42 Å². The molecule has 3 rings (SSSR count). The second-order valence-electron chi connectivity index (χ2n) is 5.95. The molecular formula is C20H20O5S. The van der Waals surface area contributed by atoms with Crippen LogP contribution in [-0.4, -0.2) is 27.2 Å². The summed E-state index contributed by atoms with van der Waals surface area (Å²) in [6.45, 7) is 1.75. The largest absolute Gasteiger partial charge is 0.497 e. The van der Waals surface area contributed by atoms with E-state index in [1.807, 2.05) is 25.1 Å². The van der Waals surface area contributed by atoms with Crippen molar-refractivity contribution in [1.82, 2.24) is 0 Å². The topological polar surface area (TPSA) is 72.8 Å². The van der Waals surface area contributed by atoms with Crippen LogP contribution >= 0.6 is 0 Å². The van der Waals surface area contributed by atoms with Crippen LogP contribution in [0.1, 0.15) is 11.1 Å². The van der Waals surface area contributed by atoms with E-state index in [-0.39, 0.29) is 23.7 Å². The van der Waals surface area contributed by atoms with Crippen molar-refractivity contribution in [3.05, 3.63) is 65.7 Å². The van der Waals surface area contributed by atoms with E-state index in [9.17, 15) is 13.5 Å². The van der Waals surface area contributed by atoms with Crippen LogP contribution in [0, 0.1) is 6.92 Å². The predicted octanol–water partition coefficient (Wildman–Crippen LogP) is 3.46. The Balaban J connectivity index is 2.08. The first-order valence-corrected chi connectivity index (χ1v) is 9.57. The van der Waals surface area contributed by atoms with Crippen LogP contribution < -0.4 is 8.92 Å². The average molecular weight is 372 g/mol. The van der Waals surface area contributed by atoms with Crippen molar-refractivity contribution in [2.75, 3.05) is 13.7 Å². The van der Waals surface area contributed by atoms with E-state index < -0.39 is 10.1 Å². The molecule has 0 aliphatic rings. The molecule has 0 amide bonds. The molecule has 0 radical (unpaired) electrons. The Labute approximate surface area is 152 Å². The zero-order chi connectivity index (χ0) is 18.7. The fraction of sp³-hybridized carbons (Fsp3) is 0.200. The molecule has 26 heavy (non-hydrogen) atoms. The van der Waals surface area contributed by atoms with Crippen molar-refractivity contribution < 1.29 is 22.4 Å². The molecule has 0 heterocycles. The van der Waals surface area contributed by atoms with Crippen LogP contribution in [0.2, 0.25) is 0 Å². The zero-order valence-corrected chi connectivity index (χ0v) is 15.4. The molecule has 3 aromatic carbocycles. The summed E-state index contributed by atoms with van der Waals surface area (Å²) < 4.78 is 35.9. The van der Waals surface area contributed by atoms with E-state index in [2.05, 4.69) is 0 Å². The van der Waals surface area contributed by atoms with Crippen LogP contribution in [-0.2, 0) is 16.5 Å². The third-order valence-corrected chi connectivity index (χ3v) is 5.42. The van der Waals surface area contributed by atoms with Gasteiger partial charge in [-0.3, -0.25) is 0 Å². The van der Waals surface area contributed by atoms with Gasteiger partial charge < -0.3 is 14.0 Å². The summed E-state index contributed by atoms with van der Waals surface area (Å²) in [5.74, 6) is 0.857. The van der Waals surface area contributed by atoms with Crippen LogP contribution in [0.5, 0.6) is 11.5 Å². The number of methoxy groups -OCH3 is 1. The molecule has 0 spiro atoms. The third kappa shape index (κ3) is 3.66. The summed E-state index contributed by atoms with van der Waals surface area (Å²) in [5, 5.41) is 11.1. The van der Waals surface area contributed by atoms with Gasteiger partial charge in [0, 0.05) is 12.2 Å². The molecule has 0 aliphatic heterocycles. The Kier molecular flexibility index (Phi) is 5.15. The number of aliphatic hydroxyl groups excluding tert-OH is 1. The molecule has 0 atom stereocenters. The molecule has 0 fully saturated rings. The van der Waals surface area contributed by atoms with Gasteiger partial charge in [0.15, 0.2) is 0 Å². The zero-order valence-electron chi connectivity index (χ0n) is 14.6. The van der Waals surface area contributed by atoms with E-state index in [1.54, 1.807) is 31.4 Å². The highest BCUT2D eigenvalue weighted by Gasteiger charge is 2.19. The Hall–Kier alpha value is -2.57. The van der Waals surface area contributed by atoms with Crippen molar-refractivity contribution in [2.24, 2.45) is 0 Å². The first-order valence-electron chi connectivity index (χ1n) is 8.16. The highest BCUT2D eigenvalue weighted by atomic mass is 32.2. The maximum absolute atomic E-state index is 12.6. The number of ether oxygens (including phenoxy) is 1. The van der Waals surface area contributed by atoms with Gasteiger partial charge in [0.1, 0.15) is 16.4 Å². The summed E-state index contributed by atoms with van der Waals surface area (Å²) >= 11 is 0. The Morgan fingerprint density at radius 1 is 1.00 bits per heavy atom. The average Bonchev–Trinajstić information content (AvgIpc) is 2.63. The molecule has 3 aromatic rings. The van der Waals surface area contributed by atoms with Crippen LogP contribution in [0.3, 0.4) is 0 Å². The smallest absolute Gasteiger partial charge is 0.339 e. The first-order chi connectivity index (χ1) is 12.4. The van der Waals surface area contributed by atoms with Crippen LogP contribution in [0.4, 0.5) is 0 Å². The van der Waals surface area contributed by atoms with E-state index in [0.29, 0.717) is 11.3 Å². The Bertz CT molecular complexity index is 1020. The van der Waals surface area contributed by atoms with E-state index in [1.165, 1.54) is 12.1 Å². The number of rotatable bonds is 6. The first kappa shape index (κ1) is 18.2.